The lowest BCUT2D eigenvalue weighted by Gasteiger charge is -2.24. The highest BCUT2D eigenvalue weighted by Gasteiger charge is 2.35. The van der Waals surface area contributed by atoms with Gasteiger partial charge in [0, 0.05) is 36.5 Å². The van der Waals surface area contributed by atoms with Crippen molar-refractivity contribution in [1.82, 2.24) is 4.90 Å². The number of ether oxygens (including phenoxy) is 1. The minimum Gasteiger partial charge on any atom is -0.487 e. The predicted octanol–water partition coefficient (Wildman–Crippen LogP) is 5.44. The molecule has 0 saturated carbocycles. The topological polar surface area (TPSA) is 66.8 Å². The van der Waals surface area contributed by atoms with Crippen molar-refractivity contribution >= 4 is 23.5 Å². The average molecular weight is 478 g/mol. The number of aliphatic carboxylic acids is 1. The van der Waals surface area contributed by atoms with E-state index in [2.05, 4.69) is 6.92 Å². The second-order valence-electron chi connectivity index (χ2n) is 9.03. The first-order valence-corrected chi connectivity index (χ1v) is 11.8. The number of amides is 1. The fourth-order valence-corrected chi connectivity index (χ4v) is 4.55. The van der Waals surface area contributed by atoms with Crippen molar-refractivity contribution in [3.8, 4) is 5.75 Å². The summed E-state index contributed by atoms with van der Waals surface area (Å²) < 4.78 is 6.27. The largest absolute Gasteiger partial charge is 0.487 e. The number of carbonyl (C=O) groups excluding carboxylic acids is 1. The lowest BCUT2D eigenvalue weighted by Crippen LogP contribution is -2.35. The van der Waals surface area contributed by atoms with E-state index in [4.69, 9.17) is 21.4 Å². The smallest absolute Gasteiger partial charge is 0.305 e. The lowest BCUT2D eigenvalue weighted by atomic mass is 9.91. The highest BCUT2D eigenvalue weighted by molar-refractivity contribution is 6.30. The van der Waals surface area contributed by atoms with E-state index >= 15 is 0 Å². The zero-order valence-corrected chi connectivity index (χ0v) is 19.9. The summed E-state index contributed by atoms with van der Waals surface area (Å²) in [5, 5.41) is 9.86. The zero-order chi connectivity index (χ0) is 24.1. The van der Waals surface area contributed by atoms with E-state index in [-0.39, 0.29) is 18.9 Å². The summed E-state index contributed by atoms with van der Waals surface area (Å²) >= 11 is 6.01. The number of halogens is 1. The highest BCUT2D eigenvalue weighted by atomic mass is 35.5. The number of nitrogens with zero attached hydrogens (tertiary/aromatic N) is 1. The lowest BCUT2D eigenvalue weighted by molar-refractivity contribution is -0.137. The molecule has 0 aromatic heterocycles. The summed E-state index contributed by atoms with van der Waals surface area (Å²) in [5.74, 6) is -0.293. The Hall–Kier alpha value is -3.31. The summed E-state index contributed by atoms with van der Waals surface area (Å²) in [5.41, 5.74) is 3.38. The van der Waals surface area contributed by atoms with Gasteiger partial charge in [0.25, 0.3) is 5.91 Å². The Morgan fingerprint density at radius 3 is 2.44 bits per heavy atom. The van der Waals surface area contributed by atoms with E-state index in [1.54, 1.807) is 11.0 Å². The number of carboxylic acids is 1. The number of fused-ring (bicyclic) bond motifs is 1. The Balaban J connectivity index is 1.47. The van der Waals surface area contributed by atoms with Crippen LogP contribution in [0.5, 0.6) is 5.75 Å². The van der Waals surface area contributed by atoms with Crippen LogP contribution in [-0.2, 0) is 24.1 Å². The maximum absolute atomic E-state index is 13.3. The molecule has 1 N–H and O–H groups in total. The van der Waals surface area contributed by atoms with Gasteiger partial charge in [0.05, 0.1) is 6.42 Å². The zero-order valence-electron chi connectivity index (χ0n) is 19.2. The first kappa shape index (κ1) is 23.8. The molecule has 176 valence electrons. The Morgan fingerprint density at radius 2 is 1.74 bits per heavy atom. The van der Waals surface area contributed by atoms with Gasteiger partial charge in [0.1, 0.15) is 11.4 Å². The van der Waals surface area contributed by atoms with Crippen LogP contribution >= 0.6 is 11.6 Å². The molecule has 1 heterocycles. The second kappa shape index (κ2) is 10.3. The number of benzene rings is 3. The Bertz CT molecular complexity index is 1160. The van der Waals surface area contributed by atoms with Crippen LogP contribution in [0.25, 0.3) is 0 Å². The molecule has 1 aliphatic rings. The molecule has 0 aliphatic carbocycles. The maximum atomic E-state index is 13.3. The standard InChI is InChI=1S/C28H28ClNO4/c1-28(18-21-7-10-24(29)11-8-21)19-23-17-22(9-12-25(23)34-28)27(33)30(16-14-26(31)32)15-13-20-5-3-2-4-6-20/h2-12,17H,13-16,18-19H2,1H3,(H,31,32)/t28-/m1/s1. The Kier molecular flexibility index (Phi) is 7.23. The molecule has 0 unspecified atom stereocenters. The molecule has 6 heteroatoms. The van der Waals surface area contributed by atoms with Crippen molar-refractivity contribution in [3.63, 3.8) is 0 Å². The summed E-state index contributed by atoms with van der Waals surface area (Å²) in [4.78, 5) is 26.1. The molecule has 1 amide bonds. The van der Waals surface area contributed by atoms with E-state index < -0.39 is 11.6 Å². The van der Waals surface area contributed by atoms with Crippen molar-refractivity contribution in [2.24, 2.45) is 0 Å². The molecular formula is C28H28ClNO4. The Morgan fingerprint density at radius 1 is 1.00 bits per heavy atom. The fraction of sp³-hybridized carbons (Fsp3) is 0.286. The third-order valence-corrected chi connectivity index (χ3v) is 6.37. The van der Waals surface area contributed by atoms with Gasteiger partial charge in [-0.25, -0.2) is 0 Å². The van der Waals surface area contributed by atoms with Crippen LogP contribution in [0.2, 0.25) is 5.02 Å². The van der Waals surface area contributed by atoms with Crippen molar-refractivity contribution in [2.75, 3.05) is 13.1 Å². The second-order valence-corrected chi connectivity index (χ2v) is 9.46. The van der Waals surface area contributed by atoms with Gasteiger partial charge in [-0.15, -0.1) is 0 Å². The number of hydrogen-bond acceptors (Lipinski definition) is 3. The average Bonchev–Trinajstić information content (AvgIpc) is 3.15. The molecule has 0 saturated heterocycles. The van der Waals surface area contributed by atoms with Gasteiger partial charge < -0.3 is 14.7 Å². The van der Waals surface area contributed by atoms with Crippen LogP contribution in [0.3, 0.4) is 0 Å². The molecule has 0 fully saturated rings. The van der Waals surface area contributed by atoms with Gasteiger partial charge in [-0.3, -0.25) is 9.59 Å². The molecule has 0 bridgehead atoms. The third kappa shape index (κ3) is 5.97. The third-order valence-electron chi connectivity index (χ3n) is 6.12. The first-order valence-electron chi connectivity index (χ1n) is 11.4. The van der Waals surface area contributed by atoms with Crippen LogP contribution in [0.1, 0.15) is 40.4 Å². The van der Waals surface area contributed by atoms with Crippen molar-refractivity contribution in [2.45, 2.75) is 38.2 Å². The molecule has 3 aromatic carbocycles. The monoisotopic (exact) mass is 477 g/mol. The van der Waals surface area contributed by atoms with E-state index in [1.807, 2.05) is 66.7 Å². The Labute approximate surface area is 204 Å². The predicted molar refractivity (Wildman–Crippen MR) is 133 cm³/mol. The van der Waals surface area contributed by atoms with E-state index in [9.17, 15) is 9.59 Å². The minimum atomic E-state index is -0.919. The van der Waals surface area contributed by atoms with Crippen LogP contribution in [0, 0.1) is 0 Å². The maximum Gasteiger partial charge on any atom is 0.305 e. The molecule has 34 heavy (non-hydrogen) atoms. The summed E-state index contributed by atoms with van der Waals surface area (Å²) in [6, 6.07) is 23.1. The number of carbonyl (C=O) groups is 2. The molecular weight excluding hydrogens is 450 g/mol. The normalized spacial score (nSPS) is 16.5. The molecule has 1 atom stereocenters. The fourth-order valence-electron chi connectivity index (χ4n) is 4.42. The van der Waals surface area contributed by atoms with Gasteiger partial charge in [0.15, 0.2) is 0 Å². The highest BCUT2D eigenvalue weighted by Crippen LogP contribution is 2.37. The molecule has 3 aromatic rings. The summed E-state index contributed by atoms with van der Waals surface area (Å²) in [7, 11) is 0. The van der Waals surface area contributed by atoms with Gasteiger partial charge in [0.2, 0.25) is 0 Å². The van der Waals surface area contributed by atoms with Gasteiger partial charge >= 0.3 is 5.97 Å². The minimum absolute atomic E-state index is 0.0895. The summed E-state index contributed by atoms with van der Waals surface area (Å²) in [6.45, 7) is 2.70. The molecule has 0 spiro atoms. The van der Waals surface area contributed by atoms with Gasteiger partial charge in [-0.1, -0.05) is 54.1 Å². The molecule has 4 rings (SSSR count). The molecule has 5 nitrogen and oxygen atoms in total. The van der Waals surface area contributed by atoms with Gasteiger partial charge in [-0.2, -0.15) is 0 Å². The van der Waals surface area contributed by atoms with Crippen LogP contribution in [0.4, 0.5) is 0 Å². The first-order chi connectivity index (χ1) is 16.3. The quantitative estimate of drug-likeness (QED) is 0.446. The van der Waals surface area contributed by atoms with Crippen molar-refractivity contribution in [1.29, 1.82) is 0 Å². The van der Waals surface area contributed by atoms with E-state index in [0.29, 0.717) is 30.0 Å². The molecule has 1 aliphatic heterocycles. The van der Waals surface area contributed by atoms with Gasteiger partial charge in [-0.05, 0) is 60.4 Å². The van der Waals surface area contributed by atoms with E-state index in [1.165, 1.54) is 0 Å². The number of hydrogen-bond donors (Lipinski definition) is 1. The van der Waals surface area contributed by atoms with Crippen molar-refractivity contribution < 1.29 is 19.4 Å². The number of carboxylic acid groups (broad SMARTS) is 1. The molecule has 0 radical (unpaired) electrons. The SMILES string of the molecule is C[C@@]1(Cc2ccc(Cl)cc2)Cc2cc(C(=O)N(CCC(=O)O)CCc3ccccc3)ccc2O1. The van der Waals surface area contributed by atoms with Crippen LogP contribution in [0.15, 0.2) is 72.8 Å². The van der Waals surface area contributed by atoms with E-state index in [0.717, 1.165) is 28.9 Å². The summed E-state index contributed by atoms with van der Waals surface area (Å²) in [6.07, 6.45) is 1.99. The van der Waals surface area contributed by atoms with Crippen LogP contribution in [-0.4, -0.2) is 40.6 Å². The number of rotatable bonds is 9. The van der Waals surface area contributed by atoms with Crippen molar-refractivity contribution in [3.05, 3.63) is 100 Å². The van der Waals surface area contributed by atoms with Crippen LogP contribution < -0.4 is 4.74 Å².